The van der Waals surface area contributed by atoms with Crippen molar-refractivity contribution in [3.8, 4) is 11.8 Å². The van der Waals surface area contributed by atoms with Gasteiger partial charge in [-0.05, 0) is 52.8 Å². The molecule has 0 heterocycles. The van der Waals surface area contributed by atoms with Crippen LogP contribution in [0.3, 0.4) is 0 Å². The van der Waals surface area contributed by atoms with Gasteiger partial charge < -0.3 is 0 Å². The van der Waals surface area contributed by atoms with Crippen molar-refractivity contribution < 1.29 is 0 Å². The Bertz CT molecular complexity index is 1500. The molecule has 0 atom stereocenters. The molecule has 2 heteroatoms. The fourth-order valence-electron chi connectivity index (χ4n) is 4.36. The van der Waals surface area contributed by atoms with Gasteiger partial charge in [0.15, 0.2) is 0 Å². The molecule has 0 N–H and O–H groups in total. The average molecular weight is 507 g/mol. The van der Waals surface area contributed by atoms with E-state index in [2.05, 4.69) is 113 Å². The van der Waals surface area contributed by atoms with Gasteiger partial charge in [0.05, 0.1) is 11.4 Å². The molecular formula is C37H34N2. The molecule has 0 aliphatic rings. The van der Waals surface area contributed by atoms with Gasteiger partial charge in [0.1, 0.15) is 0 Å². The molecule has 0 aliphatic heterocycles. The second kappa shape index (κ2) is 14.9. The molecule has 0 aromatic heterocycles. The highest BCUT2D eigenvalue weighted by Gasteiger charge is 2.06. The molecule has 2 nitrogen and oxygen atoms in total. The van der Waals surface area contributed by atoms with E-state index in [0.29, 0.717) is 0 Å². The van der Waals surface area contributed by atoms with Crippen molar-refractivity contribution in [2.45, 2.75) is 19.3 Å². The van der Waals surface area contributed by atoms with E-state index in [1.165, 1.54) is 11.1 Å². The van der Waals surface area contributed by atoms with Crippen LogP contribution in [0.25, 0.3) is 11.1 Å². The number of hydrogen-bond acceptors (Lipinski definition) is 2. The zero-order valence-corrected chi connectivity index (χ0v) is 22.7. The SMILES string of the molecule is CN=C(/C=C(\C#CCCC/C(=C\C(=NC)c1ccccc1)c1ccccc1)c1ccccc1)c1ccccc1. The molecule has 0 saturated heterocycles. The first-order valence-electron chi connectivity index (χ1n) is 13.3. The lowest BCUT2D eigenvalue weighted by Crippen LogP contribution is -1.99. The molecule has 0 radical (unpaired) electrons. The molecule has 192 valence electrons. The van der Waals surface area contributed by atoms with E-state index < -0.39 is 0 Å². The quantitative estimate of drug-likeness (QED) is 0.123. The predicted molar refractivity (Wildman–Crippen MR) is 168 cm³/mol. The van der Waals surface area contributed by atoms with Crippen molar-refractivity contribution in [2.75, 3.05) is 14.1 Å². The minimum atomic E-state index is 0.794. The lowest BCUT2D eigenvalue weighted by molar-refractivity contribution is 0.898. The summed E-state index contributed by atoms with van der Waals surface area (Å²) in [5.74, 6) is 6.89. The van der Waals surface area contributed by atoms with Crippen LogP contribution in [0.1, 0.15) is 41.5 Å². The second-order valence-corrected chi connectivity index (χ2v) is 9.06. The zero-order chi connectivity index (χ0) is 27.1. The highest BCUT2D eigenvalue weighted by Crippen LogP contribution is 2.22. The van der Waals surface area contributed by atoms with E-state index in [1.54, 1.807) is 0 Å². The Labute approximate surface area is 233 Å². The fourth-order valence-corrected chi connectivity index (χ4v) is 4.36. The monoisotopic (exact) mass is 506 g/mol. The van der Waals surface area contributed by atoms with Crippen LogP contribution >= 0.6 is 0 Å². The van der Waals surface area contributed by atoms with Crippen LogP contribution in [-0.2, 0) is 0 Å². The van der Waals surface area contributed by atoms with Gasteiger partial charge in [-0.15, -0.1) is 0 Å². The van der Waals surface area contributed by atoms with Gasteiger partial charge in [-0.2, -0.15) is 0 Å². The zero-order valence-electron chi connectivity index (χ0n) is 22.7. The third-order valence-electron chi connectivity index (χ3n) is 6.41. The van der Waals surface area contributed by atoms with Gasteiger partial charge in [0, 0.05) is 26.1 Å². The van der Waals surface area contributed by atoms with Crippen molar-refractivity contribution in [3.63, 3.8) is 0 Å². The second-order valence-electron chi connectivity index (χ2n) is 9.06. The van der Waals surface area contributed by atoms with Crippen molar-refractivity contribution >= 4 is 22.6 Å². The standard InChI is InChI=1S/C37H34N2/c1-38-36(32-22-12-5-13-23-32)28-34(30-18-8-3-9-19-30)26-16-7-17-27-35(31-20-10-4-11-21-31)29-37(39-2)33-24-14-6-15-25-33/h3-6,8-15,18-25,28-29H,7,16,26H2,1-2H3/b34-28+,35-29+,38-36?,39-37?. The van der Waals surface area contributed by atoms with Gasteiger partial charge in [-0.25, -0.2) is 0 Å². The average Bonchev–Trinajstić information content (AvgIpc) is 3.02. The lowest BCUT2D eigenvalue weighted by atomic mass is 9.96. The molecule has 4 aromatic carbocycles. The molecule has 0 saturated carbocycles. The minimum absolute atomic E-state index is 0.794. The van der Waals surface area contributed by atoms with Gasteiger partial charge in [0.2, 0.25) is 0 Å². The number of hydrogen-bond donors (Lipinski definition) is 0. The number of unbranched alkanes of at least 4 members (excludes halogenated alkanes) is 1. The smallest absolute Gasteiger partial charge is 0.0655 e. The van der Waals surface area contributed by atoms with E-state index in [-0.39, 0.29) is 0 Å². The largest absolute Gasteiger partial charge is 0.288 e. The third-order valence-corrected chi connectivity index (χ3v) is 6.41. The molecule has 4 aromatic rings. The lowest BCUT2D eigenvalue weighted by Gasteiger charge is -2.09. The Kier molecular flexibility index (Phi) is 10.4. The number of aliphatic imine (C=N–C) groups is 2. The molecule has 0 bridgehead atoms. The normalized spacial score (nSPS) is 12.6. The summed E-state index contributed by atoms with van der Waals surface area (Å²) in [6.45, 7) is 0. The van der Waals surface area contributed by atoms with Crippen LogP contribution in [0, 0.1) is 11.8 Å². The molecule has 0 aliphatic carbocycles. The number of benzene rings is 4. The number of nitrogens with zero attached hydrogens (tertiary/aromatic N) is 2. The van der Waals surface area contributed by atoms with Gasteiger partial charge in [-0.3, -0.25) is 9.98 Å². The van der Waals surface area contributed by atoms with E-state index >= 15 is 0 Å². The summed E-state index contributed by atoms with van der Waals surface area (Å²) in [6, 6.07) is 41.5. The van der Waals surface area contributed by atoms with E-state index in [0.717, 1.165) is 52.9 Å². The molecule has 39 heavy (non-hydrogen) atoms. The maximum absolute atomic E-state index is 4.58. The maximum Gasteiger partial charge on any atom is 0.0655 e. The molecule has 0 unspecified atom stereocenters. The van der Waals surface area contributed by atoms with Gasteiger partial charge in [0.25, 0.3) is 0 Å². The summed E-state index contributed by atoms with van der Waals surface area (Å²) in [4.78, 5) is 9.12. The van der Waals surface area contributed by atoms with Crippen LogP contribution in [0.2, 0.25) is 0 Å². The topological polar surface area (TPSA) is 24.7 Å². The van der Waals surface area contributed by atoms with E-state index in [9.17, 15) is 0 Å². The van der Waals surface area contributed by atoms with Crippen LogP contribution in [0.15, 0.2) is 143 Å². The van der Waals surface area contributed by atoms with Crippen molar-refractivity contribution in [1.29, 1.82) is 0 Å². The Balaban J connectivity index is 1.54. The summed E-state index contributed by atoms with van der Waals surface area (Å²) in [5.41, 5.74) is 8.68. The van der Waals surface area contributed by atoms with Crippen LogP contribution in [-0.4, -0.2) is 25.5 Å². The number of allylic oxidation sites excluding steroid dienone is 4. The third kappa shape index (κ3) is 8.12. The van der Waals surface area contributed by atoms with Crippen LogP contribution in [0.4, 0.5) is 0 Å². The summed E-state index contributed by atoms with van der Waals surface area (Å²) in [5, 5.41) is 0. The van der Waals surface area contributed by atoms with E-state index in [1.807, 2.05) is 56.6 Å². The van der Waals surface area contributed by atoms with Gasteiger partial charge >= 0.3 is 0 Å². The summed E-state index contributed by atoms with van der Waals surface area (Å²) >= 11 is 0. The van der Waals surface area contributed by atoms with Crippen LogP contribution in [0.5, 0.6) is 0 Å². The first-order chi connectivity index (χ1) is 19.3. The van der Waals surface area contributed by atoms with Crippen molar-refractivity contribution in [3.05, 3.63) is 156 Å². The summed E-state index contributed by atoms with van der Waals surface area (Å²) in [6.07, 6.45) is 6.98. The Morgan fingerprint density at radius 1 is 0.564 bits per heavy atom. The Morgan fingerprint density at radius 2 is 1.00 bits per heavy atom. The maximum atomic E-state index is 4.58. The molecule has 0 amide bonds. The highest BCUT2D eigenvalue weighted by atomic mass is 14.7. The fraction of sp³-hybridized carbons (Fsp3) is 0.135. The first-order valence-corrected chi connectivity index (χ1v) is 13.3. The van der Waals surface area contributed by atoms with Crippen molar-refractivity contribution in [2.24, 2.45) is 9.98 Å². The Morgan fingerprint density at radius 3 is 1.49 bits per heavy atom. The van der Waals surface area contributed by atoms with Crippen molar-refractivity contribution in [1.82, 2.24) is 0 Å². The molecule has 0 spiro atoms. The predicted octanol–water partition coefficient (Wildman–Crippen LogP) is 8.57. The number of rotatable bonds is 9. The van der Waals surface area contributed by atoms with Crippen LogP contribution < -0.4 is 0 Å². The summed E-state index contributed by atoms with van der Waals surface area (Å²) in [7, 11) is 3.68. The van der Waals surface area contributed by atoms with E-state index in [4.69, 9.17) is 0 Å². The summed E-state index contributed by atoms with van der Waals surface area (Å²) < 4.78 is 0. The Hall–Kier alpha value is -4.74. The molecule has 4 rings (SSSR count). The highest BCUT2D eigenvalue weighted by molar-refractivity contribution is 6.14. The minimum Gasteiger partial charge on any atom is -0.288 e. The van der Waals surface area contributed by atoms with Gasteiger partial charge in [-0.1, -0.05) is 133 Å². The molecule has 0 fully saturated rings. The molecular weight excluding hydrogens is 472 g/mol. The first kappa shape index (κ1) is 27.3.